The number of aromatic nitrogens is 3. The molecule has 234 valence electrons. The minimum atomic E-state index is -0.686. The zero-order valence-corrected chi connectivity index (χ0v) is 26.3. The van der Waals surface area contributed by atoms with Crippen LogP contribution < -0.4 is 15.4 Å². The van der Waals surface area contributed by atoms with Crippen LogP contribution in [0.5, 0.6) is 5.75 Å². The van der Waals surface area contributed by atoms with Gasteiger partial charge in [0.1, 0.15) is 10.8 Å². The number of fused-ring (bicyclic) bond motifs is 1. The molecule has 1 atom stereocenters. The fraction of sp³-hybridized carbons (Fsp3) is 0.300. The maximum absolute atomic E-state index is 13.4. The van der Waals surface area contributed by atoms with Crippen molar-refractivity contribution in [1.82, 2.24) is 20.1 Å². The van der Waals surface area contributed by atoms with Gasteiger partial charge in [-0.3, -0.25) is 24.3 Å². The third-order valence-electron chi connectivity index (χ3n) is 7.07. The second kappa shape index (κ2) is 13.9. The first-order valence-corrected chi connectivity index (χ1v) is 15.8. The standard InChI is InChI=1S/C30H30N6O7S2/c1-4-43-29(39)25-21-9-7-11-23(21)45-28(25)32-26(37)17(2)44-30-34-33-24(35(30)18-12-14-19(15-13-18)36(40)41)16-31-27(38)20-8-5-6-10-22(20)42-3/h5-6,8,10,12-15,17H,4,7,9,11,16H2,1-3H3,(H,31,38)(H,32,37)/t17-/m1/s1. The molecule has 0 spiro atoms. The van der Waals surface area contributed by atoms with Gasteiger partial charge in [0.05, 0.1) is 41.6 Å². The second-order valence-electron chi connectivity index (χ2n) is 9.92. The molecule has 15 heteroatoms. The number of nitro groups is 1. The Morgan fingerprint density at radius 3 is 2.60 bits per heavy atom. The highest BCUT2D eigenvalue weighted by atomic mass is 32.2. The van der Waals surface area contributed by atoms with Crippen molar-refractivity contribution in [2.24, 2.45) is 0 Å². The molecule has 1 aliphatic rings. The van der Waals surface area contributed by atoms with Crippen LogP contribution in [0, 0.1) is 10.1 Å². The summed E-state index contributed by atoms with van der Waals surface area (Å²) in [6.45, 7) is 3.62. The van der Waals surface area contributed by atoms with Crippen molar-refractivity contribution >= 4 is 51.6 Å². The van der Waals surface area contributed by atoms with Gasteiger partial charge < -0.3 is 20.1 Å². The Balaban J connectivity index is 1.39. The molecule has 2 N–H and O–H groups in total. The highest BCUT2D eigenvalue weighted by Crippen LogP contribution is 2.40. The lowest BCUT2D eigenvalue weighted by Crippen LogP contribution is -2.25. The monoisotopic (exact) mass is 650 g/mol. The summed E-state index contributed by atoms with van der Waals surface area (Å²) in [5.41, 5.74) is 2.10. The molecule has 5 rings (SSSR count). The number of esters is 1. The highest BCUT2D eigenvalue weighted by molar-refractivity contribution is 8.00. The van der Waals surface area contributed by atoms with Gasteiger partial charge >= 0.3 is 5.97 Å². The van der Waals surface area contributed by atoms with E-state index >= 15 is 0 Å². The average Bonchev–Trinajstić information content (AvgIpc) is 3.74. The zero-order chi connectivity index (χ0) is 32.1. The largest absolute Gasteiger partial charge is 0.496 e. The fourth-order valence-corrected chi connectivity index (χ4v) is 7.06. The van der Waals surface area contributed by atoms with Crippen molar-refractivity contribution in [2.75, 3.05) is 19.0 Å². The molecular formula is C30H30N6O7S2. The van der Waals surface area contributed by atoms with E-state index in [0.717, 1.165) is 41.5 Å². The van der Waals surface area contributed by atoms with E-state index in [2.05, 4.69) is 20.8 Å². The lowest BCUT2D eigenvalue weighted by Gasteiger charge is -2.15. The van der Waals surface area contributed by atoms with Crippen LogP contribution in [0.2, 0.25) is 0 Å². The molecule has 0 saturated carbocycles. The normalized spacial score (nSPS) is 12.7. The van der Waals surface area contributed by atoms with Gasteiger partial charge in [-0.15, -0.1) is 21.5 Å². The van der Waals surface area contributed by atoms with Crippen molar-refractivity contribution in [3.05, 3.63) is 86.0 Å². The Morgan fingerprint density at radius 2 is 1.89 bits per heavy atom. The van der Waals surface area contributed by atoms with E-state index in [9.17, 15) is 24.5 Å². The van der Waals surface area contributed by atoms with Gasteiger partial charge in [-0.25, -0.2) is 4.79 Å². The van der Waals surface area contributed by atoms with E-state index < -0.39 is 22.0 Å². The predicted octanol–water partition coefficient (Wildman–Crippen LogP) is 4.96. The van der Waals surface area contributed by atoms with E-state index in [1.807, 2.05) is 0 Å². The number of nitrogens with one attached hydrogen (secondary N) is 2. The molecule has 0 unspecified atom stereocenters. The topological polar surface area (TPSA) is 168 Å². The molecule has 0 radical (unpaired) electrons. The first kappa shape index (κ1) is 31.7. The molecule has 13 nitrogen and oxygen atoms in total. The van der Waals surface area contributed by atoms with Crippen LogP contribution in [-0.2, 0) is 28.9 Å². The number of carbonyl (C=O) groups excluding carboxylic acids is 3. The van der Waals surface area contributed by atoms with Crippen LogP contribution in [0.15, 0.2) is 53.7 Å². The third-order valence-corrected chi connectivity index (χ3v) is 9.32. The average molecular weight is 651 g/mol. The van der Waals surface area contributed by atoms with E-state index in [4.69, 9.17) is 9.47 Å². The third kappa shape index (κ3) is 6.83. The number of para-hydroxylation sites is 1. The fourth-order valence-electron chi connectivity index (χ4n) is 4.90. The molecule has 0 fully saturated rings. The van der Waals surface area contributed by atoms with Crippen molar-refractivity contribution in [1.29, 1.82) is 0 Å². The Bertz CT molecular complexity index is 1750. The maximum atomic E-state index is 13.4. The number of hydrogen-bond acceptors (Lipinski definition) is 11. The Labute approximate surface area is 266 Å². The van der Waals surface area contributed by atoms with Crippen LogP contribution in [0.4, 0.5) is 10.7 Å². The lowest BCUT2D eigenvalue weighted by molar-refractivity contribution is -0.384. The van der Waals surface area contributed by atoms with Gasteiger partial charge in [0.25, 0.3) is 11.6 Å². The number of anilines is 1. The number of rotatable bonds is 12. The number of methoxy groups -OCH3 is 1. The molecule has 1 aliphatic carbocycles. The minimum absolute atomic E-state index is 0.0361. The van der Waals surface area contributed by atoms with E-state index in [0.29, 0.717) is 38.5 Å². The number of non-ortho nitro benzene ring substituents is 1. The van der Waals surface area contributed by atoms with Crippen molar-refractivity contribution < 1.29 is 28.8 Å². The SMILES string of the molecule is CCOC(=O)c1c(NC(=O)[C@@H](C)Sc2nnc(CNC(=O)c3ccccc3OC)n2-c2ccc([N+](=O)[O-])cc2)sc2c1CCC2. The smallest absolute Gasteiger partial charge is 0.341 e. The number of benzene rings is 2. The minimum Gasteiger partial charge on any atom is -0.496 e. The number of aryl methyl sites for hydroxylation is 1. The molecule has 2 amide bonds. The van der Waals surface area contributed by atoms with Gasteiger partial charge in [-0.05, 0) is 62.9 Å². The summed E-state index contributed by atoms with van der Waals surface area (Å²) in [7, 11) is 1.47. The number of thioether (sulfide) groups is 1. The number of carbonyl (C=O) groups is 3. The van der Waals surface area contributed by atoms with Gasteiger partial charge in [-0.2, -0.15) is 0 Å². The van der Waals surface area contributed by atoms with Gasteiger partial charge in [-0.1, -0.05) is 23.9 Å². The number of amides is 2. The molecular weight excluding hydrogens is 620 g/mol. The van der Waals surface area contributed by atoms with Gasteiger partial charge in [0.15, 0.2) is 11.0 Å². The van der Waals surface area contributed by atoms with Crippen LogP contribution >= 0.6 is 23.1 Å². The molecule has 2 heterocycles. The molecule has 2 aromatic heterocycles. The molecule has 2 aromatic carbocycles. The van der Waals surface area contributed by atoms with E-state index in [1.54, 1.807) is 54.8 Å². The van der Waals surface area contributed by atoms with Crippen LogP contribution in [0.25, 0.3) is 5.69 Å². The summed E-state index contributed by atoms with van der Waals surface area (Å²) < 4.78 is 12.2. The number of nitrogens with zero attached hydrogens (tertiary/aromatic N) is 4. The molecule has 0 aliphatic heterocycles. The van der Waals surface area contributed by atoms with Gasteiger partial charge in [0.2, 0.25) is 5.91 Å². The van der Waals surface area contributed by atoms with Gasteiger partial charge in [0, 0.05) is 22.7 Å². The zero-order valence-electron chi connectivity index (χ0n) is 24.7. The quantitative estimate of drug-likeness (QED) is 0.0926. The van der Waals surface area contributed by atoms with E-state index in [1.165, 1.54) is 30.6 Å². The molecule has 0 bridgehead atoms. The summed E-state index contributed by atoms with van der Waals surface area (Å²) in [5.74, 6) is -0.459. The Hall–Kier alpha value is -4.76. The summed E-state index contributed by atoms with van der Waals surface area (Å²) in [4.78, 5) is 51.0. The maximum Gasteiger partial charge on any atom is 0.341 e. The van der Waals surface area contributed by atoms with Crippen LogP contribution in [-0.4, -0.2) is 56.4 Å². The van der Waals surface area contributed by atoms with Crippen LogP contribution in [0.1, 0.15) is 57.2 Å². The summed E-state index contributed by atoms with van der Waals surface area (Å²) in [6, 6.07) is 12.6. The number of hydrogen-bond donors (Lipinski definition) is 2. The highest BCUT2D eigenvalue weighted by Gasteiger charge is 2.30. The summed E-state index contributed by atoms with van der Waals surface area (Å²) in [6.07, 6.45) is 2.56. The molecule has 45 heavy (non-hydrogen) atoms. The van der Waals surface area contributed by atoms with Crippen molar-refractivity contribution in [3.63, 3.8) is 0 Å². The molecule has 4 aromatic rings. The summed E-state index contributed by atoms with van der Waals surface area (Å²) >= 11 is 2.51. The number of nitro benzene ring substituents is 1. The predicted molar refractivity (Wildman–Crippen MR) is 168 cm³/mol. The Kier molecular flexibility index (Phi) is 9.78. The van der Waals surface area contributed by atoms with Crippen molar-refractivity contribution in [3.8, 4) is 11.4 Å². The van der Waals surface area contributed by atoms with Crippen LogP contribution in [0.3, 0.4) is 0 Å². The molecule has 0 saturated heterocycles. The first-order valence-electron chi connectivity index (χ1n) is 14.1. The lowest BCUT2D eigenvalue weighted by atomic mass is 10.1. The Morgan fingerprint density at radius 1 is 1.13 bits per heavy atom. The number of thiophene rings is 1. The number of ether oxygens (including phenoxy) is 2. The first-order chi connectivity index (χ1) is 21.7. The van der Waals surface area contributed by atoms with E-state index in [-0.39, 0.29) is 24.7 Å². The second-order valence-corrected chi connectivity index (χ2v) is 12.3. The van der Waals surface area contributed by atoms with Crippen molar-refractivity contribution in [2.45, 2.75) is 50.1 Å². The summed E-state index contributed by atoms with van der Waals surface area (Å²) in [5, 5.41) is 25.6.